The smallest absolute Gasteiger partial charge is 0.416 e. The van der Waals surface area contributed by atoms with E-state index in [1.165, 1.54) is 7.11 Å². The van der Waals surface area contributed by atoms with Crippen molar-refractivity contribution >= 4 is 5.97 Å². The Hall–Kier alpha value is -2.59. The Balaban J connectivity index is 1.98. The monoisotopic (exact) mass is 438 g/mol. The fourth-order valence-corrected chi connectivity index (χ4v) is 2.74. The van der Waals surface area contributed by atoms with E-state index in [1.54, 1.807) is 0 Å². The average Bonchev–Trinajstić information content (AvgIpc) is 3.14. The maximum Gasteiger partial charge on any atom is 0.416 e. The molecule has 2 aromatic rings. The standard InChI is InChI=1S/C19H20F6N2O3/c1-29-16(28)8-6-4-2-3-5-7-15-26-17(27-30-15)12-9-13(18(20,21)22)11-14(10-12)19(23,24)25/h9-11H,2-8H2,1H3. The van der Waals surface area contributed by atoms with E-state index in [9.17, 15) is 31.1 Å². The van der Waals surface area contributed by atoms with Crippen molar-refractivity contribution < 1.29 is 40.4 Å². The number of aromatic nitrogens is 2. The first-order valence-corrected chi connectivity index (χ1v) is 9.20. The molecule has 11 heteroatoms. The predicted molar refractivity (Wildman–Crippen MR) is 93.2 cm³/mol. The Labute approximate surface area is 168 Å². The number of benzene rings is 1. The van der Waals surface area contributed by atoms with E-state index >= 15 is 0 Å². The second-order valence-corrected chi connectivity index (χ2v) is 6.65. The normalized spacial score (nSPS) is 12.2. The van der Waals surface area contributed by atoms with Crippen molar-refractivity contribution in [2.75, 3.05) is 7.11 Å². The lowest BCUT2D eigenvalue weighted by atomic mass is 10.0. The number of rotatable bonds is 9. The van der Waals surface area contributed by atoms with E-state index < -0.39 is 29.0 Å². The number of alkyl halides is 6. The molecule has 0 aliphatic heterocycles. The van der Waals surface area contributed by atoms with Crippen LogP contribution in [-0.4, -0.2) is 23.2 Å². The van der Waals surface area contributed by atoms with Gasteiger partial charge in [-0.1, -0.05) is 24.4 Å². The summed E-state index contributed by atoms with van der Waals surface area (Å²) in [4.78, 5) is 14.9. The summed E-state index contributed by atoms with van der Waals surface area (Å²) >= 11 is 0. The third-order valence-electron chi connectivity index (χ3n) is 4.31. The Morgan fingerprint density at radius 2 is 1.50 bits per heavy atom. The SMILES string of the molecule is COC(=O)CCCCCCCc1nc(-c2cc(C(F)(F)F)cc(C(F)(F)F)c2)no1. The molecule has 0 fully saturated rings. The highest BCUT2D eigenvalue weighted by molar-refractivity contribution is 5.68. The quantitative estimate of drug-likeness (QED) is 0.280. The summed E-state index contributed by atoms with van der Waals surface area (Å²) in [5, 5.41) is 3.52. The number of carbonyl (C=O) groups is 1. The topological polar surface area (TPSA) is 65.2 Å². The molecule has 1 heterocycles. The molecule has 2 rings (SSSR count). The molecule has 0 aliphatic rings. The van der Waals surface area contributed by atoms with Crippen molar-refractivity contribution in [1.29, 1.82) is 0 Å². The van der Waals surface area contributed by atoms with E-state index in [1.807, 2.05) is 0 Å². The molecule has 30 heavy (non-hydrogen) atoms. The maximum atomic E-state index is 13.0. The van der Waals surface area contributed by atoms with Gasteiger partial charge in [-0.15, -0.1) is 0 Å². The second-order valence-electron chi connectivity index (χ2n) is 6.65. The van der Waals surface area contributed by atoms with Crippen LogP contribution in [0.1, 0.15) is 55.5 Å². The molecule has 0 saturated heterocycles. The van der Waals surface area contributed by atoms with E-state index in [-0.39, 0.29) is 23.8 Å². The van der Waals surface area contributed by atoms with Crippen molar-refractivity contribution in [1.82, 2.24) is 10.1 Å². The fourth-order valence-electron chi connectivity index (χ4n) is 2.74. The number of carbonyl (C=O) groups excluding carboxylic acids is 1. The van der Waals surface area contributed by atoms with Gasteiger partial charge in [0.1, 0.15) is 0 Å². The molecule has 0 unspecified atom stereocenters. The molecular weight excluding hydrogens is 418 g/mol. The minimum Gasteiger partial charge on any atom is -0.469 e. The number of hydrogen-bond acceptors (Lipinski definition) is 5. The lowest BCUT2D eigenvalue weighted by Crippen LogP contribution is -2.11. The number of nitrogens with zero attached hydrogens (tertiary/aromatic N) is 2. The molecule has 1 aromatic carbocycles. The first-order valence-electron chi connectivity index (χ1n) is 9.20. The highest BCUT2D eigenvalue weighted by Gasteiger charge is 2.37. The fraction of sp³-hybridized carbons (Fsp3) is 0.526. The average molecular weight is 438 g/mol. The summed E-state index contributed by atoms with van der Waals surface area (Å²) in [6.07, 6.45) is -5.39. The molecule has 0 radical (unpaired) electrons. The zero-order chi connectivity index (χ0) is 22.4. The van der Waals surface area contributed by atoms with Crippen LogP contribution in [0.2, 0.25) is 0 Å². The Morgan fingerprint density at radius 3 is 2.07 bits per heavy atom. The lowest BCUT2D eigenvalue weighted by molar-refractivity contribution is -0.143. The number of esters is 1. The predicted octanol–water partition coefficient (Wildman–Crippen LogP) is 5.83. The number of hydrogen-bond donors (Lipinski definition) is 0. The van der Waals surface area contributed by atoms with Gasteiger partial charge in [0.2, 0.25) is 11.7 Å². The number of aryl methyl sites for hydroxylation is 1. The van der Waals surface area contributed by atoms with Crippen molar-refractivity contribution in [3.63, 3.8) is 0 Å². The number of ether oxygens (including phenoxy) is 1. The third kappa shape index (κ3) is 7.03. The molecule has 0 spiro atoms. The zero-order valence-corrected chi connectivity index (χ0v) is 16.1. The third-order valence-corrected chi connectivity index (χ3v) is 4.31. The first-order chi connectivity index (χ1) is 14.0. The van der Waals surface area contributed by atoms with E-state index in [2.05, 4.69) is 14.9 Å². The van der Waals surface area contributed by atoms with Crippen LogP contribution in [0, 0.1) is 0 Å². The summed E-state index contributed by atoms with van der Waals surface area (Å²) < 4.78 is 87.2. The Morgan fingerprint density at radius 1 is 0.933 bits per heavy atom. The number of methoxy groups -OCH3 is 1. The van der Waals surface area contributed by atoms with Crippen molar-refractivity contribution in [3.8, 4) is 11.4 Å². The van der Waals surface area contributed by atoms with Crippen LogP contribution < -0.4 is 0 Å². The molecule has 166 valence electrons. The van der Waals surface area contributed by atoms with Crippen molar-refractivity contribution in [3.05, 3.63) is 35.2 Å². The Bertz CT molecular complexity index is 813. The van der Waals surface area contributed by atoms with Gasteiger partial charge in [0, 0.05) is 18.4 Å². The highest BCUT2D eigenvalue weighted by Crippen LogP contribution is 2.38. The molecule has 0 aliphatic carbocycles. The van der Waals surface area contributed by atoms with Crippen LogP contribution in [0.15, 0.2) is 22.7 Å². The van der Waals surface area contributed by atoms with Gasteiger partial charge in [-0.2, -0.15) is 31.3 Å². The van der Waals surface area contributed by atoms with Crippen LogP contribution in [0.5, 0.6) is 0 Å². The summed E-state index contributed by atoms with van der Waals surface area (Å²) in [5.41, 5.74) is -3.30. The highest BCUT2D eigenvalue weighted by atomic mass is 19.4. The molecular formula is C19H20F6N2O3. The zero-order valence-electron chi connectivity index (χ0n) is 16.1. The van der Waals surface area contributed by atoms with Gasteiger partial charge in [-0.25, -0.2) is 0 Å². The summed E-state index contributed by atoms with van der Waals surface area (Å²) in [7, 11) is 1.32. The van der Waals surface area contributed by atoms with Crippen LogP contribution in [0.4, 0.5) is 26.3 Å². The van der Waals surface area contributed by atoms with Gasteiger partial charge in [0.25, 0.3) is 0 Å². The maximum absolute atomic E-state index is 13.0. The van der Waals surface area contributed by atoms with Gasteiger partial charge >= 0.3 is 18.3 Å². The lowest BCUT2D eigenvalue weighted by Gasteiger charge is -2.12. The van der Waals surface area contributed by atoms with E-state index in [0.717, 1.165) is 19.3 Å². The molecule has 5 nitrogen and oxygen atoms in total. The molecule has 0 saturated carbocycles. The molecule has 0 atom stereocenters. The minimum absolute atomic E-state index is 0.0463. The summed E-state index contributed by atoms with van der Waals surface area (Å²) in [5.74, 6) is -0.470. The van der Waals surface area contributed by atoms with E-state index in [0.29, 0.717) is 37.8 Å². The Kier molecular flexibility index (Phi) is 7.85. The van der Waals surface area contributed by atoms with Gasteiger partial charge in [-0.3, -0.25) is 4.79 Å². The van der Waals surface area contributed by atoms with Crippen molar-refractivity contribution in [2.45, 2.75) is 57.3 Å². The van der Waals surface area contributed by atoms with Gasteiger partial charge < -0.3 is 9.26 Å². The van der Waals surface area contributed by atoms with Gasteiger partial charge in [0.15, 0.2) is 0 Å². The van der Waals surface area contributed by atoms with Crippen molar-refractivity contribution in [2.24, 2.45) is 0 Å². The van der Waals surface area contributed by atoms with Crippen LogP contribution in [-0.2, 0) is 28.3 Å². The first kappa shape index (κ1) is 23.7. The number of unbranched alkanes of at least 4 members (excludes halogenated alkanes) is 4. The van der Waals surface area contributed by atoms with Crippen LogP contribution in [0.3, 0.4) is 0 Å². The van der Waals surface area contributed by atoms with Gasteiger partial charge in [-0.05, 0) is 31.0 Å². The molecule has 1 aromatic heterocycles. The molecule has 0 bridgehead atoms. The van der Waals surface area contributed by atoms with Gasteiger partial charge in [0.05, 0.1) is 18.2 Å². The second kappa shape index (κ2) is 9.94. The van der Waals surface area contributed by atoms with E-state index in [4.69, 9.17) is 4.52 Å². The summed E-state index contributed by atoms with van der Waals surface area (Å²) in [6.45, 7) is 0. The van der Waals surface area contributed by atoms with Crippen LogP contribution in [0.25, 0.3) is 11.4 Å². The molecule has 0 N–H and O–H groups in total. The largest absolute Gasteiger partial charge is 0.469 e. The van der Waals surface area contributed by atoms with Crippen LogP contribution >= 0.6 is 0 Å². The molecule has 0 amide bonds. The number of halogens is 6. The summed E-state index contributed by atoms with van der Waals surface area (Å²) in [6, 6.07) is 1.17. The minimum atomic E-state index is -4.95.